The molecule has 6 nitrogen and oxygen atoms in total. The van der Waals surface area contributed by atoms with Crippen molar-refractivity contribution in [2.45, 2.75) is 26.1 Å². The van der Waals surface area contributed by atoms with Gasteiger partial charge in [0.2, 0.25) is 5.88 Å². The Bertz CT molecular complexity index is 641. The molecule has 0 aliphatic carbocycles. The van der Waals surface area contributed by atoms with Crippen LogP contribution < -0.4 is 15.0 Å². The molecule has 1 aliphatic rings. The van der Waals surface area contributed by atoms with Crippen LogP contribution in [0.4, 0.5) is 0 Å². The normalized spacial score (nSPS) is 17.0. The number of aromatic nitrogens is 2. The lowest BCUT2D eigenvalue weighted by Gasteiger charge is -2.11. The Morgan fingerprint density at radius 1 is 1.09 bits per heavy atom. The molecule has 1 N–H and O–H groups in total. The fourth-order valence-electron chi connectivity index (χ4n) is 2.02. The SMILES string of the molecule is CC(C)Oc1ccc([C@H]2C=C(Oc3cncnc3)NO2)cc1. The fourth-order valence-corrected chi connectivity index (χ4v) is 2.02. The molecule has 0 fully saturated rings. The molecule has 6 heteroatoms. The lowest BCUT2D eigenvalue weighted by atomic mass is 10.1. The van der Waals surface area contributed by atoms with Gasteiger partial charge in [0, 0.05) is 6.08 Å². The van der Waals surface area contributed by atoms with E-state index in [-0.39, 0.29) is 12.2 Å². The van der Waals surface area contributed by atoms with E-state index in [1.165, 1.54) is 6.33 Å². The molecule has 1 aromatic heterocycles. The monoisotopic (exact) mass is 299 g/mol. The summed E-state index contributed by atoms with van der Waals surface area (Å²) in [4.78, 5) is 13.3. The average Bonchev–Trinajstić information content (AvgIpc) is 2.97. The third-order valence-electron chi connectivity index (χ3n) is 2.93. The van der Waals surface area contributed by atoms with Gasteiger partial charge in [-0.2, -0.15) is 0 Å². The van der Waals surface area contributed by atoms with Crippen LogP contribution in [0.2, 0.25) is 0 Å². The molecule has 0 amide bonds. The minimum absolute atomic E-state index is 0.156. The molecule has 22 heavy (non-hydrogen) atoms. The van der Waals surface area contributed by atoms with Gasteiger partial charge in [-0.3, -0.25) is 4.84 Å². The van der Waals surface area contributed by atoms with Crippen LogP contribution in [0.1, 0.15) is 25.5 Å². The smallest absolute Gasteiger partial charge is 0.216 e. The van der Waals surface area contributed by atoms with E-state index >= 15 is 0 Å². The van der Waals surface area contributed by atoms with Gasteiger partial charge in [0.15, 0.2) is 5.75 Å². The van der Waals surface area contributed by atoms with Crippen molar-refractivity contribution in [3.63, 3.8) is 0 Å². The molecule has 3 rings (SSSR count). The van der Waals surface area contributed by atoms with Crippen LogP contribution in [-0.2, 0) is 4.84 Å². The zero-order valence-corrected chi connectivity index (χ0v) is 12.4. The summed E-state index contributed by atoms with van der Waals surface area (Å²) < 4.78 is 11.2. The van der Waals surface area contributed by atoms with Gasteiger partial charge in [-0.25, -0.2) is 15.4 Å². The molecular weight excluding hydrogens is 282 g/mol. The zero-order chi connectivity index (χ0) is 15.4. The first-order valence-electron chi connectivity index (χ1n) is 7.03. The molecule has 0 spiro atoms. The van der Waals surface area contributed by atoms with Crippen molar-refractivity contribution >= 4 is 0 Å². The highest BCUT2D eigenvalue weighted by Crippen LogP contribution is 2.26. The van der Waals surface area contributed by atoms with Crippen molar-refractivity contribution in [3.8, 4) is 11.5 Å². The topological polar surface area (TPSA) is 65.5 Å². The minimum atomic E-state index is -0.215. The molecule has 1 aliphatic heterocycles. The number of hydrogen-bond donors (Lipinski definition) is 1. The van der Waals surface area contributed by atoms with E-state index in [0.717, 1.165) is 11.3 Å². The van der Waals surface area contributed by atoms with E-state index in [4.69, 9.17) is 14.3 Å². The summed E-state index contributed by atoms with van der Waals surface area (Å²) in [6, 6.07) is 7.79. The third-order valence-corrected chi connectivity index (χ3v) is 2.93. The number of nitrogens with one attached hydrogen (secondary N) is 1. The molecule has 1 atom stereocenters. The first-order chi connectivity index (χ1) is 10.7. The maximum absolute atomic E-state index is 5.62. The Morgan fingerprint density at radius 2 is 1.82 bits per heavy atom. The minimum Gasteiger partial charge on any atom is -0.491 e. The Morgan fingerprint density at radius 3 is 2.50 bits per heavy atom. The van der Waals surface area contributed by atoms with Crippen LogP contribution in [0.25, 0.3) is 0 Å². The molecular formula is C16H17N3O3. The standard InChI is InChI=1S/C16H17N3O3/c1-11(2)20-13-5-3-12(4-6-13)15-7-16(19-22-15)21-14-8-17-10-18-9-14/h3-11,15,19H,1-2H3/t15-/m1/s1. The van der Waals surface area contributed by atoms with Crippen molar-refractivity contribution in [3.05, 3.63) is 60.5 Å². The molecule has 2 aromatic rings. The van der Waals surface area contributed by atoms with Gasteiger partial charge in [-0.05, 0) is 31.5 Å². The predicted octanol–water partition coefficient (Wildman–Crippen LogP) is 2.76. The lowest BCUT2D eigenvalue weighted by molar-refractivity contribution is 0.0272. The number of hydrogen-bond acceptors (Lipinski definition) is 6. The maximum atomic E-state index is 5.62. The second-order valence-corrected chi connectivity index (χ2v) is 5.08. The number of hydroxylamine groups is 1. The molecule has 2 heterocycles. The summed E-state index contributed by atoms with van der Waals surface area (Å²) in [6.07, 6.45) is 6.41. The third kappa shape index (κ3) is 3.53. The summed E-state index contributed by atoms with van der Waals surface area (Å²) in [7, 11) is 0. The number of nitrogens with zero attached hydrogens (tertiary/aromatic N) is 2. The quantitative estimate of drug-likeness (QED) is 0.916. The number of rotatable bonds is 5. The largest absolute Gasteiger partial charge is 0.491 e. The van der Waals surface area contributed by atoms with Crippen LogP contribution in [0.5, 0.6) is 11.5 Å². The predicted molar refractivity (Wildman–Crippen MR) is 79.9 cm³/mol. The highest BCUT2D eigenvalue weighted by molar-refractivity contribution is 5.31. The summed E-state index contributed by atoms with van der Waals surface area (Å²) in [5.74, 6) is 1.90. The van der Waals surface area contributed by atoms with Gasteiger partial charge in [-0.15, -0.1) is 0 Å². The number of ether oxygens (including phenoxy) is 2. The van der Waals surface area contributed by atoms with Crippen molar-refractivity contribution in [2.75, 3.05) is 0 Å². The van der Waals surface area contributed by atoms with Crippen molar-refractivity contribution in [2.24, 2.45) is 0 Å². The first-order valence-corrected chi connectivity index (χ1v) is 7.03. The first kappa shape index (κ1) is 14.3. The summed E-state index contributed by atoms with van der Waals surface area (Å²) in [6.45, 7) is 4.00. The van der Waals surface area contributed by atoms with E-state index in [1.807, 2.05) is 44.2 Å². The number of benzene rings is 1. The average molecular weight is 299 g/mol. The van der Waals surface area contributed by atoms with Gasteiger partial charge in [0.1, 0.15) is 18.2 Å². The van der Waals surface area contributed by atoms with E-state index in [1.54, 1.807) is 12.4 Å². The Hall–Kier alpha value is -2.60. The van der Waals surface area contributed by atoms with Crippen molar-refractivity contribution < 1.29 is 14.3 Å². The van der Waals surface area contributed by atoms with Crippen LogP contribution in [0.3, 0.4) is 0 Å². The molecule has 0 saturated heterocycles. The highest BCUT2D eigenvalue weighted by Gasteiger charge is 2.20. The van der Waals surface area contributed by atoms with E-state index in [9.17, 15) is 0 Å². The summed E-state index contributed by atoms with van der Waals surface area (Å²) in [5.41, 5.74) is 3.76. The molecule has 0 unspecified atom stereocenters. The second-order valence-electron chi connectivity index (χ2n) is 5.08. The van der Waals surface area contributed by atoms with Gasteiger partial charge in [0.05, 0.1) is 18.5 Å². The highest BCUT2D eigenvalue weighted by atomic mass is 16.7. The van der Waals surface area contributed by atoms with Gasteiger partial charge in [-0.1, -0.05) is 12.1 Å². The molecule has 0 radical (unpaired) electrons. The molecule has 114 valence electrons. The Balaban J connectivity index is 1.66. The molecule has 0 saturated carbocycles. The van der Waals surface area contributed by atoms with Crippen LogP contribution in [0.15, 0.2) is 54.9 Å². The summed E-state index contributed by atoms with van der Waals surface area (Å²) in [5, 5.41) is 0. The van der Waals surface area contributed by atoms with Crippen LogP contribution in [-0.4, -0.2) is 16.1 Å². The van der Waals surface area contributed by atoms with E-state index < -0.39 is 0 Å². The van der Waals surface area contributed by atoms with Gasteiger partial charge >= 0.3 is 0 Å². The lowest BCUT2D eigenvalue weighted by Crippen LogP contribution is -2.12. The zero-order valence-electron chi connectivity index (χ0n) is 12.4. The molecule has 0 bridgehead atoms. The molecule has 1 aromatic carbocycles. The van der Waals surface area contributed by atoms with Crippen molar-refractivity contribution in [1.29, 1.82) is 0 Å². The second kappa shape index (κ2) is 6.44. The van der Waals surface area contributed by atoms with Gasteiger partial charge in [0.25, 0.3) is 0 Å². The van der Waals surface area contributed by atoms with Crippen LogP contribution >= 0.6 is 0 Å². The van der Waals surface area contributed by atoms with E-state index in [0.29, 0.717) is 11.6 Å². The summed E-state index contributed by atoms with van der Waals surface area (Å²) >= 11 is 0. The fraction of sp³-hybridized carbons (Fsp3) is 0.250. The van der Waals surface area contributed by atoms with Gasteiger partial charge < -0.3 is 9.47 Å². The van der Waals surface area contributed by atoms with E-state index in [2.05, 4.69) is 15.4 Å². The Labute approximate surface area is 128 Å². The maximum Gasteiger partial charge on any atom is 0.216 e. The Kier molecular flexibility index (Phi) is 4.20. The van der Waals surface area contributed by atoms with Crippen molar-refractivity contribution in [1.82, 2.24) is 15.4 Å². The van der Waals surface area contributed by atoms with Crippen LogP contribution in [0, 0.1) is 0 Å².